The van der Waals surface area contributed by atoms with Gasteiger partial charge >= 0.3 is 0 Å². The quantitative estimate of drug-likeness (QED) is 0.155. The molecule has 0 aromatic heterocycles. The van der Waals surface area contributed by atoms with Crippen molar-refractivity contribution in [2.24, 2.45) is 0 Å². The standard InChI is InChI=1S/C78H61N/c1-75(2)67-26-16-13-23-55(67)58-34-29-46(39-70(58)75)63-44-65-54-22-12-10-20-52(54)64(45-66(65)53-21-11-9-19-51(53)63)47-30-35-59-62-38-33-50(43-74(62)78(7,8)71(59)40-47)79(48-31-36-60-56-24-14-17-27-68(56)76(3,4)72(60)41-48)49-32-37-61-57-25-15-18-28-69(57)77(5,6)73(61)42-49/h9-45H,1-8H3. The van der Waals surface area contributed by atoms with Crippen molar-refractivity contribution in [1.29, 1.82) is 0 Å². The fourth-order valence-corrected chi connectivity index (χ4v) is 15.4. The third kappa shape index (κ3) is 6.28. The molecule has 0 saturated heterocycles. The molecule has 1 nitrogen and oxygen atoms in total. The Bertz CT molecular complexity index is 4560. The summed E-state index contributed by atoms with van der Waals surface area (Å²) in [7, 11) is 0. The van der Waals surface area contributed by atoms with E-state index in [9.17, 15) is 0 Å². The zero-order chi connectivity index (χ0) is 53.5. The maximum absolute atomic E-state index is 2.53. The topological polar surface area (TPSA) is 3.24 Å². The second-order valence-corrected chi connectivity index (χ2v) is 25.2. The van der Waals surface area contributed by atoms with Crippen LogP contribution in [0.1, 0.15) is 99.9 Å². The van der Waals surface area contributed by atoms with Gasteiger partial charge in [0.15, 0.2) is 0 Å². The average molecular weight is 1010 g/mol. The van der Waals surface area contributed by atoms with Gasteiger partial charge < -0.3 is 4.90 Å². The van der Waals surface area contributed by atoms with Crippen LogP contribution in [0.2, 0.25) is 0 Å². The summed E-state index contributed by atoms with van der Waals surface area (Å²) in [6.45, 7) is 19.2. The Morgan fingerprint density at radius 1 is 0.203 bits per heavy atom. The Hall–Kier alpha value is -8.78. The van der Waals surface area contributed by atoms with E-state index in [4.69, 9.17) is 0 Å². The van der Waals surface area contributed by atoms with Crippen LogP contribution in [0.15, 0.2) is 224 Å². The van der Waals surface area contributed by atoms with Crippen molar-refractivity contribution in [2.75, 3.05) is 4.90 Å². The van der Waals surface area contributed by atoms with Crippen LogP contribution < -0.4 is 4.90 Å². The molecule has 0 fully saturated rings. The molecule has 0 amide bonds. The normalized spacial score (nSPS) is 15.7. The average Bonchev–Trinajstić information content (AvgIpc) is 4.16. The van der Waals surface area contributed by atoms with Crippen LogP contribution in [0.5, 0.6) is 0 Å². The molecule has 0 saturated carbocycles. The summed E-state index contributed by atoms with van der Waals surface area (Å²) < 4.78 is 0. The van der Waals surface area contributed by atoms with E-state index >= 15 is 0 Å². The summed E-state index contributed by atoms with van der Waals surface area (Å²) in [5.41, 5.74) is 29.7. The largest absolute Gasteiger partial charge is 0.310 e. The monoisotopic (exact) mass is 1010 g/mol. The molecule has 79 heavy (non-hydrogen) atoms. The Labute approximate surface area is 464 Å². The molecule has 0 bridgehead atoms. The molecular weight excluding hydrogens is 951 g/mol. The third-order valence-electron chi connectivity index (χ3n) is 19.7. The minimum absolute atomic E-state index is 0.0765. The number of fused-ring (bicyclic) bond motifs is 17. The fraction of sp³-hybridized carbons (Fsp3) is 0.154. The first kappa shape index (κ1) is 46.3. The number of rotatable bonds is 5. The lowest BCUT2D eigenvalue weighted by molar-refractivity contribution is 0.659. The van der Waals surface area contributed by atoms with Gasteiger partial charge in [-0.25, -0.2) is 0 Å². The molecule has 0 heterocycles. The van der Waals surface area contributed by atoms with E-state index in [-0.39, 0.29) is 21.7 Å². The summed E-state index contributed by atoms with van der Waals surface area (Å²) in [5.74, 6) is 0. The highest BCUT2D eigenvalue weighted by Crippen LogP contribution is 2.57. The predicted molar refractivity (Wildman–Crippen MR) is 335 cm³/mol. The van der Waals surface area contributed by atoms with Gasteiger partial charge in [-0.15, -0.1) is 0 Å². The molecule has 12 aromatic carbocycles. The zero-order valence-electron chi connectivity index (χ0n) is 46.3. The summed E-state index contributed by atoms with van der Waals surface area (Å²) >= 11 is 0. The van der Waals surface area contributed by atoms with Crippen molar-refractivity contribution in [3.63, 3.8) is 0 Å². The number of nitrogens with zero attached hydrogens (tertiary/aromatic N) is 1. The van der Waals surface area contributed by atoms with Gasteiger partial charge in [0, 0.05) is 38.7 Å². The van der Waals surface area contributed by atoms with Gasteiger partial charge in [-0.05, 0) is 204 Å². The molecule has 0 unspecified atom stereocenters. The van der Waals surface area contributed by atoms with Gasteiger partial charge in [0.1, 0.15) is 0 Å². The number of anilines is 3. The van der Waals surface area contributed by atoms with Crippen LogP contribution in [0.25, 0.3) is 99.1 Å². The summed E-state index contributed by atoms with van der Waals surface area (Å²) in [6, 6.07) is 86.2. The van der Waals surface area contributed by atoms with Crippen LogP contribution in [-0.4, -0.2) is 0 Å². The number of benzene rings is 12. The van der Waals surface area contributed by atoms with E-state index in [1.807, 2.05) is 0 Å². The van der Waals surface area contributed by atoms with Crippen LogP contribution in [0.4, 0.5) is 17.1 Å². The molecule has 0 aliphatic heterocycles. The molecule has 12 aromatic rings. The molecule has 4 aliphatic carbocycles. The predicted octanol–water partition coefficient (Wildman–Crippen LogP) is 21.2. The minimum Gasteiger partial charge on any atom is -0.310 e. The van der Waals surface area contributed by atoms with Gasteiger partial charge in [-0.1, -0.05) is 219 Å². The lowest BCUT2D eigenvalue weighted by atomic mass is 9.80. The highest BCUT2D eigenvalue weighted by Gasteiger charge is 2.41. The van der Waals surface area contributed by atoms with Crippen molar-refractivity contribution in [2.45, 2.75) is 77.0 Å². The summed E-state index contributed by atoms with van der Waals surface area (Å²) in [5, 5.41) is 7.68. The van der Waals surface area contributed by atoms with Gasteiger partial charge in [-0.3, -0.25) is 0 Å². The summed E-state index contributed by atoms with van der Waals surface area (Å²) in [6.07, 6.45) is 0. The second-order valence-electron chi connectivity index (χ2n) is 25.2. The minimum atomic E-state index is -0.272. The molecule has 378 valence electrons. The van der Waals surface area contributed by atoms with Crippen molar-refractivity contribution in [3.05, 3.63) is 269 Å². The van der Waals surface area contributed by atoms with Crippen LogP contribution in [-0.2, 0) is 21.7 Å². The lowest BCUT2D eigenvalue weighted by Crippen LogP contribution is -2.19. The Kier molecular flexibility index (Phi) is 9.34. The fourth-order valence-electron chi connectivity index (χ4n) is 15.4. The smallest absolute Gasteiger partial charge is 0.0465 e. The second kappa shape index (κ2) is 15.9. The van der Waals surface area contributed by atoms with Crippen molar-refractivity contribution in [3.8, 4) is 66.8 Å². The van der Waals surface area contributed by atoms with Crippen LogP contribution >= 0.6 is 0 Å². The molecule has 0 spiro atoms. The van der Waals surface area contributed by atoms with Crippen molar-refractivity contribution >= 4 is 49.4 Å². The van der Waals surface area contributed by atoms with Crippen LogP contribution in [0.3, 0.4) is 0 Å². The highest BCUT2D eigenvalue weighted by atomic mass is 15.1. The molecule has 0 N–H and O–H groups in total. The first-order chi connectivity index (χ1) is 38.2. The van der Waals surface area contributed by atoms with E-state index in [1.54, 1.807) is 0 Å². The molecule has 1 heteroatoms. The Morgan fingerprint density at radius 3 is 0.823 bits per heavy atom. The van der Waals surface area contributed by atoms with Crippen molar-refractivity contribution < 1.29 is 0 Å². The van der Waals surface area contributed by atoms with Gasteiger partial charge in [0.2, 0.25) is 0 Å². The zero-order valence-corrected chi connectivity index (χ0v) is 46.3. The SMILES string of the molecule is CC1(C)c2ccccc2-c2ccc(-c3cc4c5ccccc5c(-c5ccc6c(c5)C(C)(C)c5cc(N(c7ccc8c(c7)C(C)(C)c7ccccc7-8)c7ccc8c(c7)C(C)(C)c7ccccc7-8)ccc5-6)cc4c4ccccc34)cc21. The number of hydrogen-bond acceptors (Lipinski definition) is 1. The molecule has 0 atom stereocenters. The van der Waals surface area contributed by atoms with Gasteiger partial charge in [0.25, 0.3) is 0 Å². The Balaban J connectivity index is 0.822. The van der Waals surface area contributed by atoms with Gasteiger partial charge in [0.05, 0.1) is 0 Å². The van der Waals surface area contributed by atoms with Crippen molar-refractivity contribution in [1.82, 2.24) is 0 Å². The van der Waals surface area contributed by atoms with E-state index in [2.05, 4.69) is 285 Å². The Morgan fingerprint density at radius 2 is 0.468 bits per heavy atom. The molecular formula is C78H61N. The van der Waals surface area contributed by atoms with E-state index in [0.29, 0.717) is 0 Å². The van der Waals surface area contributed by atoms with Gasteiger partial charge in [-0.2, -0.15) is 0 Å². The van der Waals surface area contributed by atoms with Crippen LogP contribution in [0, 0.1) is 0 Å². The maximum Gasteiger partial charge on any atom is 0.0465 e. The van der Waals surface area contributed by atoms with E-state index in [0.717, 1.165) is 0 Å². The third-order valence-corrected chi connectivity index (χ3v) is 19.7. The number of hydrogen-bond donors (Lipinski definition) is 0. The van der Waals surface area contributed by atoms with E-state index in [1.165, 1.54) is 161 Å². The molecule has 4 aliphatic rings. The summed E-state index contributed by atoms with van der Waals surface area (Å²) in [4.78, 5) is 2.53. The first-order valence-electron chi connectivity index (χ1n) is 28.4. The molecule has 0 radical (unpaired) electrons. The maximum atomic E-state index is 2.53. The first-order valence-corrected chi connectivity index (χ1v) is 28.4. The highest BCUT2D eigenvalue weighted by molar-refractivity contribution is 6.24. The molecule has 16 rings (SSSR count). The lowest BCUT2D eigenvalue weighted by Gasteiger charge is -2.31. The van der Waals surface area contributed by atoms with E-state index < -0.39 is 0 Å².